The van der Waals surface area contributed by atoms with Crippen LogP contribution in [-0.4, -0.2) is 68.5 Å². The molecule has 1 saturated carbocycles. The minimum Gasteiger partial charge on any atom is -0.378 e. The van der Waals surface area contributed by atoms with Crippen LogP contribution in [0.3, 0.4) is 0 Å². The van der Waals surface area contributed by atoms with E-state index in [9.17, 15) is 4.39 Å². The van der Waals surface area contributed by atoms with Crippen LogP contribution >= 0.6 is 0 Å². The number of alkyl halides is 1. The normalized spacial score (nSPS) is 40.5. The molecule has 2 heterocycles. The van der Waals surface area contributed by atoms with Gasteiger partial charge in [-0.3, -0.25) is 15.0 Å². The van der Waals surface area contributed by atoms with E-state index in [1.807, 2.05) is 12.2 Å². The second kappa shape index (κ2) is 9.83. The number of hydrogen-bond acceptors (Lipinski definition) is 5. The van der Waals surface area contributed by atoms with Crippen molar-refractivity contribution in [3.8, 4) is 0 Å². The monoisotopic (exact) mass is 405 g/mol. The second-order valence-electron chi connectivity index (χ2n) is 8.87. The maximum atomic E-state index is 14.7. The minimum absolute atomic E-state index is 0.00546. The zero-order chi connectivity index (χ0) is 20.9. The lowest BCUT2D eigenvalue weighted by Crippen LogP contribution is -2.43. The van der Waals surface area contributed by atoms with Crippen LogP contribution < -0.4 is 10.6 Å². The highest BCUT2D eigenvalue weighted by Gasteiger charge is 2.39. The van der Waals surface area contributed by atoms with Crippen molar-refractivity contribution in [3.05, 3.63) is 12.2 Å². The summed E-state index contributed by atoms with van der Waals surface area (Å²) in [6, 6.07) is 0.0710. The third-order valence-corrected chi connectivity index (χ3v) is 6.20. The van der Waals surface area contributed by atoms with E-state index in [0.29, 0.717) is 19.4 Å². The number of amidine groups is 2. The van der Waals surface area contributed by atoms with Gasteiger partial charge in [0.15, 0.2) is 0 Å². The maximum absolute atomic E-state index is 14.7. The summed E-state index contributed by atoms with van der Waals surface area (Å²) in [5.41, 5.74) is -1.10. The molecule has 0 aromatic heterocycles. The van der Waals surface area contributed by atoms with Gasteiger partial charge < -0.3 is 15.4 Å². The molecule has 0 spiro atoms. The molecule has 2 N–H and O–H groups in total. The topological polar surface area (TPSA) is 70.4 Å². The highest BCUT2D eigenvalue weighted by molar-refractivity contribution is 5.97. The van der Waals surface area contributed by atoms with Crippen molar-refractivity contribution in [2.75, 3.05) is 20.2 Å². The number of rotatable bonds is 1. The lowest BCUT2D eigenvalue weighted by Gasteiger charge is -2.39. The van der Waals surface area contributed by atoms with Crippen LogP contribution in [0.1, 0.15) is 52.4 Å². The van der Waals surface area contributed by atoms with E-state index >= 15 is 0 Å². The number of ether oxygens (including phenoxy) is 1. The maximum Gasteiger partial charge on any atom is 0.121 e. The first-order valence-electron chi connectivity index (χ1n) is 10.9. The molecule has 2 bridgehead atoms. The van der Waals surface area contributed by atoms with Crippen molar-refractivity contribution < 1.29 is 9.13 Å². The molecular weight excluding hydrogens is 369 g/mol. The highest BCUT2D eigenvalue weighted by atomic mass is 19.1. The molecule has 6 nitrogen and oxygen atoms in total. The van der Waals surface area contributed by atoms with Crippen LogP contribution in [0.2, 0.25) is 0 Å². The summed E-state index contributed by atoms with van der Waals surface area (Å²) >= 11 is 0. The van der Waals surface area contributed by atoms with Crippen LogP contribution in [0.15, 0.2) is 27.1 Å². The first-order valence-corrected chi connectivity index (χ1v) is 10.9. The fourth-order valence-electron chi connectivity index (χ4n) is 4.72. The average molecular weight is 406 g/mol. The van der Waals surface area contributed by atoms with Gasteiger partial charge in [-0.1, -0.05) is 6.08 Å². The van der Waals surface area contributed by atoms with Gasteiger partial charge in [-0.2, -0.15) is 0 Å². The zero-order valence-electron chi connectivity index (χ0n) is 18.0. The molecule has 7 heteroatoms. The minimum atomic E-state index is -1.10. The number of halogens is 1. The van der Waals surface area contributed by atoms with Gasteiger partial charge in [0.2, 0.25) is 0 Å². The quantitative estimate of drug-likeness (QED) is 0.659. The van der Waals surface area contributed by atoms with Gasteiger partial charge in [0, 0.05) is 32.7 Å². The molecule has 0 aromatic rings. The molecule has 6 atom stereocenters. The molecule has 2 aliphatic heterocycles. The van der Waals surface area contributed by atoms with E-state index in [1.54, 1.807) is 14.0 Å². The molecule has 1 aliphatic carbocycles. The molecular formula is C22H36FN5O. The molecule has 29 heavy (non-hydrogen) atoms. The lowest BCUT2D eigenvalue weighted by molar-refractivity contribution is -0.0553. The first kappa shape index (κ1) is 21.9. The molecule has 5 unspecified atom stereocenters. The van der Waals surface area contributed by atoms with E-state index in [-0.39, 0.29) is 30.1 Å². The fourth-order valence-corrected chi connectivity index (χ4v) is 4.72. The van der Waals surface area contributed by atoms with Gasteiger partial charge in [-0.15, -0.1) is 0 Å². The zero-order valence-corrected chi connectivity index (χ0v) is 18.0. The first-order chi connectivity index (χ1) is 13.9. The predicted molar refractivity (Wildman–Crippen MR) is 118 cm³/mol. The number of nitrogens with zero attached hydrogens (tertiary/aromatic N) is 3. The standard InChI is InChI=1S/C22H36FN5O/c1-15-12-16-14-22(2,23)9-8-19(16)29-11-5-10-26-21(25-4)18-13-17(24-3)6-7-20(27-15)28-18/h6-7,15-19H,3,5,8-14H2,1-2,4H3,(H,25,26)(H,27,28)/t15-,16?,17?,18?,19?,22?/m1/s1. The number of fused-ring (bicyclic) bond motifs is 2. The molecule has 0 saturated heterocycles. The van der Waals surface area contributed by atoms with Gasteiger partial charge in [-0.05, 0) is 64.7 Å². The van der Waals surface area contributed by atoms with Crippen LogP contribution in [-0.2, 0) is 4.74 Å². The van der Waals surface area contributed by atoms with Gasteiger partial charge in [-0.25, -0.2) is 4.39 Å². The van der Waals surface area contributed by atoms with Crippen LogP contribution in [0.25, 0.3) is 0 Å². The molecule has 3 rings (SSSR count). The highest BCUT2D eigenvalue weighted by Crippen LogP contribution is 2.39. The van der Waals surface area contributed by atoms with E-state index < -0.39 is 5.67 Å². The summed E-state index contributed by atoms with van der Waals surface area (Å²) in [4.78, 5) is 13.6. The lowest BCUT2D eigenvalue weighted by atomic mass is 9.75. The van der Waals surface area contributed by atoms with Crippen molar-refractivity contribution in [1.82, 2.24) is 10.6 Å². The predicted octanol–water partition coefficient (Wildman–Crippen LogP) is 3.09. The van der Waals surface area contributed by atoms with Gasteiger partial charge in [0.25, 0.3) is 0 Å². The van der Waals surface area contributed by atoms with Crippen molar-refractivity contribution >= 4 is 18.4 Å². The molecule has 0 radical (unpaired) electrons. The Balaban J connectivity index is 1.82. The SMILES string of the molecule is C=NC1C=CC2=NC(C1)C(=NC)NCCCOC1CCC(C)(F)CC1C[C@@H](C)N2. The number of nitrogens with one attached hydrogen (secondary N) is 2. The average Bonchev–Trinajstić information content (AvgIpc) is 2.87. The van der Waals surface area contributed by atoms with Gasteiger partial charge >= 0.3 is 0 Å². The van der Waals surface area contributed by atoms with Gasteiger partial charge in [0.1, 0.15) is 23.4 Å². The van der Waals surface area contributed by atoms with Crippen molar-refractivity contribution in [3.63, 3.8) is 0 Å². The number of aliphatic imine (C=N–C) groups is 3. The van der Waals surface area contributed by atoms with E-state index in [1.165, 1.54) is 0 Å². The fraction of sp³-hybridized carbons (Fsp3) is 0.773. The van der Waals surface area contributed by atoms with Crippen LogP contribution in [0, 0.1) is 5.92 Å². The summed E-state index contributed by atoms with van der Waals surface area (Å²) in [6.07, 6.45) is 8.56. The Bertz CT molecular complexity index is 660. The van der Waals surface area contributed by atoms with E-state index in [2.05, 4.69) is 34.3 Å². The van der Waals surface area contributed by atoms with E-state index in [0.717, 1.165) is 43.9 Å². The van der Waals surface area contributed by atoms with Crippen LogP contribution in [0.4, 0.5) is 4.39 Å². The molecule has 0 aromatic carbocycles. The Hall–Kier alpha value is -1.76. The molecule has 162 valence electrons. The summed E-state index contributed by atoms with van der Waals surface area (Å²) in [5, 5.41) is 6.96. The Morgan fingerprint density at radius 1 is 1.38 bits per heavy atom. The smallest absolute Gasteiger partial charge is 0.121 e. The third kappa shape index (κ3) is 6.11. The van der Waals surface area contributed by atoms with Crippen molar-refractivity contribution in [2.45, 2.75) is 82.3 Å². The van der Waals surface area contributed by atoms with Crippen LogP contribution in [0.5, 0.6) is 0 Å². The molecule has 1 fully saturated rings. The van der Waals surface area contributed by atoms with Crippen molar-refractivity contribution in [1.29, 1.82) is 0 Å². The second-order valence-corrected chi connectivity index (χ2v) is 8.87. The summed E-state index contributed by atoms with van der Waals surface area (Å²) < 4.78 is 20.9. The Kier molecular flexibility index (Phi) is 7.44. The Morgan fingerprint density at radius 3 is 2.97 bits per heavy atom. The summed E-state index contributed by atoms with van der Waals surface area (Å²) in [5.74, 6) is 1.90. The summed E-state index contributed by atoms with van der Waals surface area (Å²) in [7, 11) is 1.79. The molecule has 3 aliphatic rings. The molecule has 0 amide bonds. The van der Waals surface area contributed by atoms with Crippen molar-refractivity contribution in [2.24, 2.45) is 20.9 Å². The van der Waals surface area contributed by atoms with E-state index in [4.69, 9.17) is 9.73 Å². The largest absolute Gasteiger partial charge is 0.378 e. The number of hydrogen-bond donors (Lipinski definition) is 2. The Labute approximate surface area is 174 Å². The Morgan fingerprint density at radius 2 is 2.21 bits per heavy atom. The third-order valence-electron chi connectivity index (χ3n) is 6.20. The summed E-state index contributed by atoms with van der Waals surface area (Å²) in [6.45, 7) is 9.03. The van der Waals surface area contributed by atoms with Gasteiger partial charge in [0.05, 0.1) is 12.1 Å².